The van der Waals surface area contributed by atoms with Gasteiger partial charge in [-0.25, -0.2) is 4.98 Å². The smallest absolute Gasteiger partial charge is 0.225 e. The first-order chi connectivity index (χ1) is 9.69. The molecule has 0 bridgehead atoms. The summed E-state index contributed by atoms with van der Waals surface area (Å²) in [4.78, 5) is 17.6. The first-order valence-corrected chi connectivity index (χ1v) is 8.24. The summed E-state index contributed by atoms with van der Waals surface area (Å²) in [5.74, 6) is 0.132. The van der Waals surface area contributed by atoms with Crippen molar-refractivity contribution >= 4 is 17.2 Å². The number of aromatic nitrogens is 1. The van der Waals surface area contributed by atoms with Crippen molar-refractivity contribution in [2.45, 2.75) is 64.5 Å². The van der Waals surface area contributed by atoms with Gasteiger partial charge in [0.1, 0.15) is 5.01 Å². The van der Waals surface area contributed by atoms with Gasteiger partial charge in [0.2, 0.25) is 5.91 Å². The van der Waals surface area contributed by atoms with E-state index in [1.54, 1.807) is 18.4 Å². The lowest BCUT2D eigenvalue weighted by atomic mass is 10.1. The van der Waals surface area contributed by atoms with Crippen LogP contribution in [0.5, 0.6) is 0 Å². The Morgan fingerprint density at radius 1 is 1.35 bits per heavy atom. The lowest BCUT2D eigenvalue weighted by Gasteiger charge is -2.15. The molecule has 112 valence electrons. The second-order valence-electron chi connectivity index (χ2n) is 5.48. The average molecular weight is 296 g/mol. The second kappa shape index (κ2) is 7.74. The fraction of sp³-hybridized carbons (Fsp3) is 0.733. The third-order valence-corrected chi connectivity index (χ3v) is 4.88. The van der Waals surface area contributed by atoms with Crippen LogP contribution in [0.15, 0.2) is 0 Å². The molecule has 1 heterocycles. The van der Waals surface area contributed by atoms with Crippen LogP contribution in [0, 0.1) is 6.92 Å². The molecule has 1 aromatic rings. The van der Waals surface area contributed by atoms with E-state index in [1.165, 1.54) is 25.7 Å². The molecule has 1 aliphatic carbocycles. The largest absolute Gasteiger partial charge is 0.378 e. The molecule has 1 aromatic heterocycles. The number of carbonyl (C=O) groups is 1. The Balaban J connectivity index is 1.87. The number of nitrogens with one attached hydrogen (secondary N) is 1. The lowest BCUT2D eigenvalue weighted by molar-refractivity contribution is -0.121. The van der Waals surface area contributed by atoms with Crippen molar-refractivity contribution in [3.05, 3.63) is 15.6 Å². The number of methoxy groups -OCH3 is 1. The first kappa shape index (κ1) is 15.4. The number of amides is 1. The maximum atomic E-state index is 12.1. The van der Waals surface area contributed by atoms with Gasteiger partial charge in [-0.15, -0.1) is 11.3 Å². The standard InChI is InChI=1S/C15H24N2O2S/c1-11-13(20-15(16-11)10-19-2)9-14(18)17-12-7-5-3-4-6-8-12/h12H,3-10H2,1-2H3,(H,17,18). The van der Waals surface area contributed by atoms with Gasteiger partial charge in [0.15, 0.2) is 0 Å². The lowest BCUT2D eigenvalue weighted by Crippen LogP contribution is -2.35. The topological polar surface area (TPSA) is 51.2 Å². The Bertz CT molecular complexity index is 437. The quantitative estimate of drug-likeness (QED) is 0.850. The number of carbonyl (C=O) groups excluding carboxylic acids is 1. The van der Waals surface area contributed by atoms with Crippen molar-refractivity contribution in [3.8, 4) is 0 Å². The maximum absolute atomic E-state index is 12.1. The Hall–Kier alpha value is -0.940. The Kier molecular flexibility index (Phi) is 5.98. The number of nitrogens with zero attached hydrogens (tertiary/aromatic N) is 1. The highest BCUT2D eigenvalue weighted by Crippen LogP contribution is 2.20. The van der Waals surface area contributed by atoms with Gasteiger partial charge >= 0.3 is 0 Å². The maximum Gasteiger partial charge on any atom is 0.225 e. The molecule has 0 aliphatic heterocycles. The van der Waals surface area contributed by atoms with Crippen molar-refractivity contribution < 1.29 is 9.53 Å². The molecular formula is C15H24N2O2S. The molecule has 5 heteroatoms. The molecular weight excluding hydrogens is 272 g/mol. The molecule has 0 atom stereocenters. The van der Waals surface area contributed by atoms with Crippen LogP contribution in [0.3, 0.4) is 0 Å². The van der Waals surface area contributed by atoms with E-state index in [0.29, 0.717) is 19.1 Å². The first-order valence-electron chi connectivity index (χ1n) is 7.42. The predicted molar refractivity (Wildman–Crippen MR) is 80.9 cm³/mol. The summed E-state index contributed by atoms with van der Waals surface area (Å²) in [6, 6.07) is 0.372. The number of hydrogen-bond donors (Lipinski definition) is 1. The van der Waals surface area contributed by atoms with E-state index in [9.17, 15) is 4.79 Å². The van der Waals surface area contributed by atoms with E-state index in [4.69, 9.17) is 4.74 Å². The summed E-state index contributed by atoms with van der Waals surface area (Å²) in [5.41, 5.74) is 0.957. The number of thiazole rings is 1. The van der Waals surface area contributed by atoms with Crippen LogP contribution in [0.25, 0.3) is 0 Å². The van der Waals surface area contributed by atoms with Crippen molar-refractivity contribution in [1.29, 1.82) is 0 Å². The Morgan fingerprint density at radius 3 is 2.70 bits per heavy atom. The molecule has 0 radical (unpaired) electrons. The molecule has 1 aliphatic rings. The minimum Gasteiger partial charge on any atom is -0.378 e. The van der Waals surface area contributed by atoms with E-state index < -0.39 is 0 Å². The van der Waals surface area contributed by atoms with E-state index in [1.807, 2.05) is 6.92 Å². The molecule has 1 saturated carbocycles. The van der Waals surface area contributed by atoms with Crippen molar-refractivity contribution in [2.75, 3.05) is 7.11 Å². The van der Waals surface area contributed by atoms with Gasteiger partial charge in [-0.1, -0.05) is 25.7 Å². The van der Waals surface area contributed by atoms with Crippen molar-refractivity contribution in [1.82, 2.24) is 10.3 Å². The van der Waals surface area contributed by atoms with Gasteiger partial charge in [-0.05, 0) is 19.8 Å². The predicted octanol–water partition coefficient (Wildman–Crippen LogP) is 2.98. The van der Waals surface area contributed by atoms with Crippen molar-refractivity contribution in [3.63, 3.8) is 0 Å². The van der Waals surface area contributed by atoms with E-state index in [2.05, 4.69) is 10.3 Å². The zero-order valence-electron chi connectivity index (χ0n) is 12.4. The minimum atomic E-state index is 0.132. The van der Waals surface area contributed by atoms with Crippen molar-refractivity contribution in [2.24, 2.45) is 0 Å². The van der Waals surface area contributed by atoms with Gasteiger partial charge in [0, 0.05) is 18.0 Å². The Morgan fingerprint density at radius 2 is 2.05 bits per heavy atom. The zero-order chi connectivity index (χ0) is 14.4. The van der Waals surface area contributed by atoms with Crippen LogP contribution in [-0.4, -0.2) is 24.0 Å². The van der Waals surface area contributed by atoms with Crippen LogP contribution in [0.1, 0.15) is 54.1 Å². The van der Waals surface area contributed by atoms with Crippen LogP contribution >= 0.6 is 11.3 Å². The summed E-state index contributed by atoms with van der Waals surface area (Å²) >= 11 is 1.58. The molecule has 4 nitrogen and oxygen atoms in total. The molecule has 1 amide bonds. The fourth-order valence-corrected chi connectivity index (χ4v) is 3.73. The van der Waals surface area contributed by atoms with Gasteiger partial charge in [0.25, 0.3) is 0 Å². The highest BCUT2D eigenvalue weighted by atomic mass is 32.1. The number of ether oxygens (including phenoxy) is 1. The molecule has 0 saturated heterocycles. The molecule has 1 fully saturated rings. The summed E-state index contributed by atoms with van der Waals surface area (Å²) in [7, 11) is 1.66. The second-order valence-corrected chi connectivity index (χ2v) is 6.65. The monoisotopic (exact) mass is 296 g/mol. The Labute approximate surface area is 124 Å². The van der Waals surface area contributed by atoms with Crippen LogP contribution in [0.4, 0.5) is 0 Å². The number of aryl methyl sites for hydroxylation is 1. The number of rotatable bonds is 5. The summed E-state index contributed by atoms with van der Waals surface area (Å²) in [6.45, 7) is 2.49. The third-order valence-electron chi connectivity index (χ3n) is 3.75. The highest BCUT2D eigenvalue weighted by molar-refractivity contribution is 7.11. The molecule has 0 spiro atoms. The number of hydrogen-bond acceptors (Lipinski definition) is 4. The van der Waals surface area contributed by atoms with E-state index >= 15 is 0 Å². The summed E-state index contributed by atoms with van der Waals surface area (Å²) in [5, 5.41) is 4.13. The zero-order valence-corrected chi connectivity index (χ0v) is 13.2. The van der Waals surface area contributed by atoms with Crippen LogP contribution < -0.4 is 5.32 Å². The summed E-state index contributed by atoms with van der Waals surface area (Å²) in [6.07, 6.45) is 7.79. The molecule has 20 heavy (non-hydrogen) atoms. The molecule has 0 unspecified atom stereocenters. The van der Waals surface area contributed by atoms with Crippen LogP contribution in [-0.2, 0) is 22.6 Å². The van der Waals surface area contributed by atoms with E-state index in [0.717, 1.165) is 28.4 Å². The van der Waals surface area contributed by atoms with Crippen LogP contribution in [0.2, 0.25) is 0 Å². The van der Waals surface area contributed by atoms with E-state index in [-0.39, 0.29) is 5.91 Å². The highest BCUT2D eigenvalue weighted by Gasteiger charge is 2.17. The fourth-order valence-electron chi connectivity index (χ4n) is 2.69. The normalized spacial score (nSPS) is 16.9. The molecule has 2 rings (SSSR count). The molecule has 1 N–H and O–H groups in total. The minimum absolute atomic E-state index is 0.132. The third kappa shape index (κ3) is 4.56. The van der Waals surface area contributed by atoms with Gasteiger partial charge in [-0.3, -0.25) is 4.79 Å². The van der Waals surface area contributed by atoms with Gasteiger partial charge < -0.3 is 10.1 Å². The van der Waals surface area contributed by atoms with Gasteiger partial charge in [0.05, 0.1) is 18.7 Å². The SMILES string of the molecule is COCc1nc(C)c(CC(=O)NC2CCCCCC2)s1. The average Bonchev–Trinajstić information content (AvgIpc) is 2.62. The van der Waals surface area contributed by atoms with Gasteiger partial charge in [-0.2, -0.15) is 0 Å². The molecule has 0 aromatic carbocycles. The summed E-state index contributed by atoms with van der Waals surface area (Å²) < 4.78 is 5.08.